The fourth-order valence-electron chi connectivity index (χ4n) is 4.61. The summed E-state index contributed by atoms with van der Waals surface area (Å²) in [5, 5.41) is 24.4. The summed E-state index contributed by atoms with van der Waals surface area (Å²) in [6.45, 7) is 56.2. The van der Waals surface area contributed by atoms with Gasteiger partial charge < -0.3 is 105 Å². The number of halogens is 3. The van der Waals surface area contributed by atoms with Crippen molar-refractivity contribution in [3.8, 4) is 0 Å². The van der Waals surface area contributed by atoms with Crippen molar-refractivity contribution in [3.63, 3.8) is 0 Å². The Morgan fingerprint density at radius 3 is 0.348 bits per heavy atom. The van der Waals surface area contributed by atoms with Gasteiger partial charge in [0.25, 0.3) is 0 Å². The molecule has 0 fully saturated rings. The van der Waals surface area contributed by atoms with Crippen LogP contribution in [0.5, 0.6) is 0 Å². The Hall–Kier alpha value is 3.81. The summed E-state index contributed by atoms with van der Waals surface area (Å²) in [6.07, 6.45) is 0. The summed E-state index contributed by atoms with van der Waals surface area (Å²) in [5.74, 6) is 0. The van der Waals surface area contributed by atoms with Crippen molar-refractivity contribution < 1.29 is 161 Å². The number of hydrogen-bond donors (Lipinski definition) is 8. The summed E-state index contributed by atoms with van der Waals surface area (Å²) in [4.78, 5) is 0. The van der Waals surface area contributed by atoms with Crippen LogP contribution in [-0.4, -0.2) is 74.4 Å². The van der Waals surface area contributed by atoms with Crippen molar-refractivity contribution in [1.82, 2.24) is 40.7 Å². The molecule has 0 aliphatic heterocycles. The molecule has 0 aliphatic rings. The fourth-order valence-corrected chi connectivity index (χ4v) is 13.8. The van der Waals surface area contributed by atoms with Crippen LogP contribution in [0.2, 0.25) is 0 Å². The van der Waals surface area contributed by atoms with Crippen LogP contribution in [0.15, 0.2) is 0 Å². The van der Waals surface area contributed by atoms with Gasteiger partial charge in [0.15, 0.2) is 0 Å². The van der Waals surface area contributed by atoms with Gasteiger partial charge in [-0.3, -0.25) is 59.0 Å². The van der Waals surface area contributed by atoms with Gasteiger partial charge in [-0.2, -0.15) is 0 Å². The number of nitrogens with one attached hydrogen (secondary N) is 8. The molecule has 0 spiro atoms. The summed E-state index contributed by atoms with van der Waals surface area (Å²) in [6, 6.07) is 1.82. The third kappa shape index (κ3) is 47.5. The summed E-state index contributed by atoms with van der Waals surface area (Å²) in [5.41, 5.74) is 0. The minimum atomic E-state index is -2.52. The second-order valence-corrected chi connectivity index (χ2v) is 33.7. The molecule has 0 heterocycles. The van der Waals surface area contributed by atoms with E-state index in [4.69, 9.17) is 0 Å². The van der Waals surface area contributed by atoms with Gasteiger partial charge in [-0.05, 0) is 111 Å². The standard InChI is InChI=1S/4C10H25N2OP.Ho.3HI.6H2O/c4*1-8(2)11-14(13,10(5,6)7)12-9(3)4;;;;;;;;;;/h4*8-9H,1-7H3,(H2,11,12,13);;3*1H;6*1H2/q;;;;+3;;;;;;;;;/p+2. The first-order chi connectivity index (χ1) is 24.3. The average Bonchev–Trinajstić information content (AvgIpc) is 2.83. The molecule has 0 radical (unpaired) electrons. The molecule has 0 saturated carbocycles. The van der Waals surface area contributed by atoms with Crippen LogP contribution in [0, 0.1) is 37.7 Å². The third-order valence-electron chi connectivity index (χ3n) is 7.30. The molecule has 0 aromatic carbocycles. The quantitative estimate of drug-likeness (QED) is 0.0344. The van der Waals surface area contributed by atoms with Gasteiger partial charge in [0.05, 0.1) is 0 Å². The Bertz CT molecular complexity index is 1050. The van der Waals surface area contributed by atoms with E-state index in [1.165, 1.54) is 0 Å². The molecule has 424 valence electrons. The van der Waals surface area contributed by atoms with Crippen molar-refractivity contribution in [2.24, 2.45) is 0 Å². The van der Waals surface area contributed by atoms with E-state index in [0.717, 1.165) is 0 Å². The first-order valence-corrected chi connectivity index (χ1v) is 27.8. The molecular formula is C40H117HoI3N8O10P4+5. The maximum Gasteiger partial charge on any atom is 3.00 e. The first-order valence-electron chi connectivity index (χ1n) is 21.0. The van der Waals surface area contributed by atoms with Crippen LogP contribution in [0.4, 0.5) is 0 Å². The first kappa shape index (κ1) is 106. The van der Waals surface area contributed by atoms with Gasteiger partial charge in [0.2, 0.25) is 29.8 Å². The van der Waals surface area contributed by atoms with Crippen molar-refractivity contribution >= 4 is 29.8 Å². The van der Waals surface area contributed by atoms with Crippen molar-refractivity contribution in [2.45, 2.75) is 263 Å². The van der Waals surface area contributed by atoms with E-state index in [9.17, 15) is 18.3 Å². The predicted octanol–water partition coefficient (Wildman–Crippen LogP) is -2.53. The summed E-state index contributed by atoms with van der Waals surface area (Å²) in [7, 11) is -10.1. The Kier molecular flexibility index (Phi) is 72.4. The van der Waals surface area contributed by atoms with E-state index in [2.05, 4.69) is 40.7 Å². The molecule has 0 aromatic rings. The minimum Gasteiger partial charge on any atom is -1.00 e. The Balaban J connectivity index is -0.0000000433. The Morgan fingerprint density at radius 2 is 0.318 bits per heavy atom. The molecule has 0 saturated heterocycles. The summed E-state index contributed by atoms with van der Waals surface area (Å²) >= 11 is 0. The molecule has 26 heteroatoms. The topological polar surface area (TPSA) is 361 Å². The van der Waals surface area contributed by atoms with Crippen LogP contribution in [0.25, 0.3) is 0 Å². The largest absolute Gasteiger partial charge is 3.00 e. The molecule has 0 amide bonds. The predicted molar refractivity (Wildman–Crippen MR) is 284 cm³/mol. The Morgan fingerprint density at radius 1 is 0.258 bits per heavy atom. The molecule has 0 bridgehead atoms. The van der Waals surface area contributed by atoms with Gasteiger partial charge in [-0.15, -0.1) is 0 Å². The van der Waals surface area contributed by atoms with Crippen LogP contribution < -0.4 is 113 Å². The van der Waals surface area contributed by atoms with Crippen LogP contribution >= 0.6 is 29.8 Å². The van der Waals surface area contributed by atoms with Crippen LogP contribution in [0.3, 0.4) is 0 Å². The summed E-state index contributed by atoms with van der Waals surface area (Å²) < 4.78 is 50.5. The van der Waals surface area contributed by atoms with Gasteiger partial charge in [0.1, 0.15) is 0 Å². The van der Waals surface area contributed by atoms with E-state index in [1.54, 1.807) is 0 Å². The molecule has 0 atom stereocenters. The maximum atomic E-state index is 12.6. The zero-order valence-corrected chi connectivity index (χ0v) is 58.8. The molecule has 0 rings (SSSR count). The van der Waals surface area contributed by atoms with Crippen molar-refractivity contribution in [3.05, 3.63) is 0 Å². The smallest absolute Gasteiger partial charge is 1.00 e. The monoisotopic (exact) mass is 1540 g/mol. The van der Waals surface area contributed by atoms with E-state index < -0.39 is 29.8 Å². The second-order valence-electron chi connectivity index (χ2n) is 21.4. The SMILES string of the molecule is CC(C)NP(=O)(NC(C)C)C(C)(C)C.CC(C)NP(=O)(NC(C)C)C(C)(C)C.CC(C)NP(=O)(NC(C)C)C(C)(C)C.CC(C)NP(=O)(NC(C)C)C(C)(C)C.O.[Ho+3].[I-].[I-].[I-].[OH3+].[OH3+].[OH3+].[OH3+].[OH3+]. The van der Waals surface area contributed by atoms with Gasteiger partial charge >= 0.3 is 37.7 Å². The molecule has 18 nitrogen and oxygen atoms in total. The van der Waals surface area contributed by atoms with Gasteiger partial charge in [-0.25, -0.2) is 0 Å². The molecular weight excluding hydrogens is 1420 g/mol. The van der Waals surface area contributed by atoms with E-state index >= 15 is 0 Å². The minimum absolute atomic E-state index is 0. The third-order valence-corrected chi connectivity index (χ3v) is 21.9. The fraction of sp³-hybridized carbons (Fsp3) is 1.00. The average molecular weight is 1540 g/mol. The maximum absolute atomic E-state index is 12.6. The van der Waals surface area contributed by atoms with Crippen molar-refractivity contribution in [2.75, 3.05) is 0 Å². The van der Waals surface area contributed by atoms with Crippen molar-refractivity contribution in [1.29, 1.82) is 0 Å². The zero-order valence-electron chi connectivity index (χ0n) is 46.9. The van der Waals surface area contributed by atoms with Crippen LogP contribution in [-0.2, 0) is 45.6 Å². The molecule has 0 unspecified atom stereocenters. The van der Waals surface area contributed by atoms with Gasteiger partial charge in [0, 0.05) is 69.0 Å². The zero-order chi connectivity index (χ0) is 46.3. The van der Waals surface area contributed by atoms with E-state index in [-0.39, 0.29) is 211 Å². The molecule has 25 N–H and O–H groups in total. The van der Waals surface area contributed by atoms with E-state index in [0.29, 0.717) is 0 Å². The van der Waals surface area contributed by atoms with E-state index in [1.807, 2.05) is 194 Å². The van der Waals surface area contributed by atoms with Gasteiger partial charge in [-0.1, -0.05) is 83.1 Å². The second kappa shape index (κ2) is 45.0. The molecule has 0 aliphatic carbocycles. The number of hydrogen-bond acceptors (Lipinski definition) is 4. The number of rotatable bonds is 16. The Labute approximate surface area is 488 Å². The van der Waals surface area contributed by atoms with Crippen LogP contribution in [0.1, 0.15) is 194 Å². The normalized spacial score (nSPS) is 11.9. The molecule has 66 heavy (non-hydrogen) atoms. The molecule has 0 aromatic heterocycles.